The van der Waals surface area contributed by atoms with Gasteiger partial charge in [0.05, 0.1) is 5.56 Å². The number of nitrogens with one attached hydrogen (secondary N) is 1. The van der Waals surface area contributed by atoms with Gasteiger partial charge in [0, 0.05) is 16.7 Å². The molecule has 0 radical (unpaired) electrons. The van der Waals surface area contributed by atoms with Gasteiger partial charge in [-0.3, -0.25) is 4.79 Å². The highest BCUT2D eigenvalue weighted by molar-refractivity contribution is 8.00. The number of nitrogens with two attached hydrogens (primary N) is 1. The lowest BCUT2D eigenvalue weighted by atomic mass is 10.2. The van der Waals surface area contributed by atoms with Gasteiger partial charge in [-0.1, -0.05) is 26.0 Å². The van der Waals surface area contributed by atoms with Crippen molar-refractivity contribution >= 4 is 17.7 Å². The number of carbonyl (C=O) groups excluding carboxylic acids is 1. The van der Waals surface area contributed by atoms with Gasteiger partial charge in [-0.05, 0) is 25.1 Å². The van der Waals surface area contributed by atoms with Crippen LogP contribution in [0.25, 0.3) is 0 Å². The molecular weight excluding hydrogens is 232 g/mol. The third kappa shape index (κ3) is 4.79. The van der Waals surface area contributed by atoms with E-state index in [1.54, 1.807) is 11.8 Å². The van der Waals surface area contributed by atoms with Gasteiger partial charge in [0.25, 0.3) is 5.91 Å². The lowest BCUT2D eigenvalue weighted by Gasteiger charge is -2.11. The zero-order valence-electron chi connectivity index (χ0n) is 10.4. The summed E-state index contributed by atoms with van der Waals surface area (Å²) in [5, 5.41) is 3.35. The van der Waals surface area contributed by atoms with Crippen LogP contribution in [0.4, 0.5) is 0 Å². The Kier molecular flexibility index (Phi) is 6.08. The van der Waals surface area contributed by atoms with E-state index in [2.05, 4.69) is 19.2 Å². The molecule has 17 heavy (non-hydrogen) atoms. The number of rotatable bonds is 6. The first kappa shape index (κ1) is 14.1. The summed E-state index contributed by atoms with van der Waals surface area (Å²) in [6, 6.07) is 7.70. The van der Waals surface area contributed by atoms with Crippen LogP contribution in [0, 0.1) is 0 Å². The van der Waals surface area contributed by atoms with Crippen molar-refractivity contribution in [3.63, 3.8) is 0 Å². The van der Waals surface area contributed by atoms with Crippen LogP contribution < -0.4 is 11.1 Å². The molecule has 3 nitrogen and oxygen atoms in total. The van der Waals surface area contributed by atoms with E-state index < -0.39 is 0 Å². The molecule has 0 heterocycles. The molecule has 4 heteroatoms. The van der Waals surface area contributed by atoms with E-state index in [4.69, 9.17) is 5.73 Å². The molecular formula is C13H20N2OS. The second-order valence-corrected chi connectivity index (χ2v) is 5.68. The molecule has 0 bridgehead atoms. The van der Waals surface area contributed by atoms with Gasteiger partial charge in [0.15, 0.2) is 0 Å². The number of carbonyl (C=O) groups is 1. The molecule has 0 aromatic heterocycles. The summed E-state index contributed by atoms with van der Waals surface area (Å²) >= 11 is 1.71. The zero-order valence-corrected chi connectivity index (χ0v) is 11.2. The molecule has 3 N–H and O–H groups in total. The standard InChI is InChI=1S/C13H20N2OS/c1-10(2)17-12-7-4-3-6-11(12)13(16)15-9-5-8-14/h3-4,6-7,10H,5,8-9,14H2,1-2H3,(H,15,16). The topological polar surface area (TPSA) is 55.1 Å². The maximum Gasteiger partial charge on any atom is 0.252 e. The molecule has 94 valence electrons. The monoisotopic (exact) mass is 252 g/mol. The van der Waals surface area contributed by atoms with E-state index in [1.165, 1.54) is 0 Å². The minimum Gasteiger partial charge on any atom is -0.352 e. The molecule has 0 aliphatic rings. The minimum absolute atomic E-state index is 0.0119. The summed E-state index contributed by atoms with van der Waals surface area (Å²) in [4.78, 5) is 13.0. The lowest BCUT2D eigenvalue weighted by Crippen LogP contribution is -2.26. The molecule has 0 spiro atoms. The Bertz CT molecular complexity index is 366. The molecule has 0 unspecified atom stereocenters. The highest BCUT2D eigenvalue weighted by Gasteiger charge is 2.11. The van der Waals surface area contributed by atoms with Gasteiger partial charge < -0.3 is 11.1 Å². The summed E-state index contributed by atoms with van der Waals surface area (Å²) < 4.78 is 0. The Morgan fingerprint density at radius 2 is 2.12 bits per heavy atom. The fourth-order valence-electron chi connectivity index (χ4n) is 1.41. The Morgan fingerprint density at radius 1 is 1.41 bits per heavy atom. The van der Waals surface area contributed by atoms with E-state index in [0.717, 1.165) is 16.9 Å². The predicted molar refractivity (Wildman–Crippen MR) is 73.4 cm³/mol. The van der Waals surface area contributed by atoms with Crippen LogP contribution in [0.5, 0.6) is 0 Å². The molecule has 0 aliphatic carbocycles. The van der Waals surface area contributed by atoms with E-state index in [-0.39, 0.29) is 5.91 Å². The molecule has 0 saturated heterocycles. The van der Waals surface area contributed by atoms with Crippen LogP contribution in [0.3, 0.4) is 0 Å². The quantitative estimate of drug-likeness (QED) is 0.603. The molecule has 0 fully saturated rings. The van der Waals surface area contributed by atoms with Gasteiger partial charge >= 0.3 is 0 Å². The van der Waals surface area contributed by atoms with E-state index in [9.17, 15) is 4.79 Å². The maximum atomic E-state index is 12.0. The Morgan fingerprint density at radius 3 is 2.76 bits per heavy atom. The molecule has 0 atom stereocenters. The lowest BCUT2D eigenvalue weighted by molar-refractivity contribution is 0.0950. The number of benzene rings is 1. The molecule has 0 saturated carbocycles. The van der Waals surface area contributed by atoms with Crippen LogP contribution in [-0.4, -0.2) is 24.2 Å². The number of thioether (sulfide) groups is 1. The van der Waals surface area contributed by atoms with Gasteiger partial charge in [0.1, 0.15) is 0 Å². The third-order valence-corrected chi connectivity index (χ3v) is 3.24. The van der Waals surface area contributed by atoms with Gasteiger partial charge in [-0.25, -0.2) is 0 Å². The Balaban J connectivity index is 2.71. The fraction of sp³-hybridized carbons (Fsp3) is 0.462. The molecule has 1 aromatic rings. The first-order valence-corrected chi connectivity index (χ1v) is 6.77. The predicted octanol–water partition coefficient (Wildman–Crippen LogP) is 2.27. The maximum absolute atomic E-state index is 12.0. The smallest absolute Gasteiger partial charge is 0.252 e. The van der Waals surface area contributed by atoms with Crippen molar-refractivity contribution in [3.05, 3.63) is 29.8 Å². The highest BCUT2D eigenvalue weighted by atomic mass is 32.2. The first-order valence-electron chi connectivity index (χ1n) is 5.89. The Labute approximate surface area is 107 Å². The van der Waals surface area contributed by atoms with Crippen molar-refractivity contribution in [2.75, 3.05) is 13.1 Å². The fourth-order valence-corrected chi connectivity index (χ4v) is 2.36. The first-order chi connectivity index (χ1) is 8.15. The van der Waals surface area contributed by atoms with Crippen molar-refractivity contribution in [1.29, 1.82) is 0 Å². The second-order valence-electron chi connectivity index (χ2n) is 4.06. The highest BCUT2D eigenvalue weighted by Crippen LogP contribution is 2.26. The van der Waals surface area contributed by atoms with Crippen molar-refractivity contribution in [3.8, 4) is 0 Å². The Hall–Kier alpha value is -1.00. The van der Waals surface area contributed by atoms with Crippen LogP contribution in [0.2, 0.25) is 0 Å². The van der Waals surface area contributed by atoms with Crippen molar-refractivity contribution in [2.24, 2.45) is 5.73 Å². The van der Waals surface area contributed by atoms with Gasteiger partial charge in [-0.15, -0.1) is 11.8 Å². The summed E-state index contributed by atoms with van der Waals surface area (Å²) in [5.41, 5.74) is 6.15. The summed E-state index contributed by atoms with van der Waals surface area (Å²) in [5.74, 6) is -0.0119. The molecule has 1 aromatic carbocycles. The van der Waals surface area contributed by atoms with Crippen molar-refractivity contribution < 1.29 is 4.79 Å². The van der Waals surface area contributed by atoms with E-state index in [0.29, 0.717) is 18.3 Å². The average molecular weight is 252 g/mol. The largest absolute Gasteiger partial charge is 0.352 e. The molecule has 1 rings (SSSR count). The summed E-state index contributed by atoms with van der Waals surface area (Å²) in [7, 11) is 0. The van der Waals surface area contributed by atoms with Crippen LogP contribution >= 0.6 is 11.8 Å². The second kappa shape index (κ2) is 7.35. The zero-order chi connectivity index (χ0) is 12.7. The third-order valence-electron chi connectivity index (χ3n) is 2.16. The van der Waals surface area contributed by atoms with E-state index >= 15 is 0 Å². The van der Waals surface area contributed by atoms with Gasteiger partial charge in [0.2, 0.25) is 0 Å². The van der Waals surface area contributed by atoms with Crippen molar-refractivity contribution in [2.45, 2.75) is 30.4 Å². The van der Waals surface area contributed by atoms with Gasteiger partial charge in [-0.2, -0.15) is 0 Å². The number of amides is 1. The van der Waals surface area contributed by atoms with Crippen molar-refractivity contribution in [1.82, 2.24) is 5.32 Å². The number of hydrogen-bond acceptors (Lipinski definition) is 3. The van der Waals surface area contributed by atoms with E-state index in [1.807, 2.05) is 24.3 Å². The summed E-state index contributed by atoms with van der Waals surface area (Å²) in [6.07, 6.45) is 0.811. The SMILES string of the molecule is CC(C)Sc1ccccc1C(=O)NCCCN. The van der Waals surface area contributed by atoms with Crippen LogP contribution in [0.15, 0.2) is 29.2 Å². The normalized spacial score (nSPS) is 10.6. The average Bonchev–Trinajstić information content (AvgIpc) is 2.29. The molecule has 1 amide bonds. The minimum atomic E-state index is -0.0119. The number of hydrogen-bond donors (Lipinski definition) is 2. The molecule has 0 aliphatic heterocycles. The van der Waals surface area contributed by atoms with Crippen LogP contribution in [0.1, 0.15) is 30.6 Å². The van der Waals surface area contributed by atoms with Crippen LogP contribution in [-0.2, 0) is 0 Å². The summed E-state index contributed by atoms with van der Waals surface area (Å²) in [6.45, 7) is 5.47.